The number of aliphatic carboxylic acids is 1. The number of piperidine rings is 1. The second-order valence-electron chi connectivity index (χ2n) is 5.23. The van der Waals surface area contributed by atoms with Gasteiger partial charge in [-0.25, -0.2) is 4.79 Å². The molecule has 2 heterocycles. The number of benzene rings is 1. The van der Waals surface area contributed by atoms with Crippen molar-refractivity contribution in [3.63, 3.8) is 0 Å². The topological polar surface area (TPSA) is 82.8 Å². The van der Waals surface area contributed by atoms with Gasteiger partial charge in [0.05, 0.1) is 12.2 Å². The van der Waals surface area contributed by atoms with Crippen LogP contribution in [0.3, 0.4) is 0 Å². The fraction of sp³-hybridized carbons (Fsp3) is 0.333. The van der Waals surface area contributed by atoms with Crippen LogP contribution in [0.25, 0.3) is 11.0 Å². The Morgan fingerprint density at radius 1 is 1.33 bits per heavy atom. The number of nitrogens with one attached hydrogen (secondary N) is 1. The van der Waals surface area contributed by atoms with Crippen LogP contribution in [0.1, 0.15) is 12.8 Å². The van der Waals surface area contributed by atoms with Gasteiger partial charge in [0.25, 0.3) is 0 Å². The average Bonchev–Trinajstić information content (AvgIpc) is 2.95. The first-order valence-electron chi connectivity index (χ1n) is 6.89. The van der Waals surface area contributed by atoms with Crippen LogP contribution in [-0.2, 0) is 4.79 Å². The molecule has 110 valence electrons. The summed E-state index contributed by atoms with van der Waals surface area (Å²) in [4.78, 5) is 24.8. The van der Waals surface area contributed by atoms with E-state index in [0.29, 0.717) is 30.7 Å². The highest BCUT2D eigenvalue weighted by Gasteiger charge is 2.28. The summed E-state index contributed by atoms with van der Waals surface area (Å²) in [6.45, 7) is 0.836. The Bertz CT molecular complexity index is 679. The summed E-state index contributed by atoms with van der Waals surface area (Å²) in [6, 6.07) is 7.00. The van der Waals surface area contributed by atoms with Gasteiger partial charge in [-0.3, -0.25) is 4.79 Å². The summed E-state index contributed by atoms with van der Waals surface area (Å²) >= 11 is 0. The van der Waals surface area contributed by atoms with Crippen LogP contribution >= 0.6 is 0 Å². The quantitative estimate of drug-likeness (QED) is 0.890. The number of carboxylic acids is 1. The first kappa shape index (κ1) is 13.5. The van der Waals surface area contributed by atoms with Crippen molar-refractivity contribution in [3.05, 3.63) is 30.5 Å². The van der Waals surface area contributed by atoms with E-state index in [1.807, 2.05) is 12.1 Å². The van der Waals surface area contributed by atoms with Crippen molar-refractivity contribution in [3.8, 4) is 0 Å². The van der Waals surface area contributed by atoms with E-state index in [1.165, 1.54) is 0 Å². The molecule has 21 heavy (non-hydrogen) atoms. The van der Waals surface area contributed by atoms with Crippen molar-refractivity contribution in [2.75, 3.05) is 18.4 Å². The van der Waals surface area contributed by atoms with E-state index < -0.39 is 11.9 Å². The number of nitrogens with zero attached hydrogens (tertiary/aromatic N) is 1. The molecular weight excluding hydrogens is 272 g/mol. The van der Waals surface area contributed by atoms with Gasteiger partial charge in [-0.2, -0.15) is 0 Å². The van der Waals surface area contributed by atoms with Gasteiger partial charge in [0.15, 0.2) is 0 Å². The molecule has 0 aliphatic carbocycles. The van der Waals surface area contributed by atoms with Crippen molar-refractivity contribution < 1.29 is 19.1 Å². The first-order chi connectivity index (χ1) is 10.1. The maximum absolute atomic E-state index is 12.2. The summed E-state index contributed by atoms with van der Waals surface area (Å²) in [6.07, 6.45) is 2.93. The van der Waals surface area contributed by atoms with Crippen molar-refractivity contribution in [2.45, 2.75) is 12.8 Å². The Labute approximate surface area is 121 Å². The molecule has 6 nitrogen and oxygen atoms in total. The highest BCUT2D eigenvalue weighted by Crippen LogP contribution is 2.21. The molecule has 1 fully saturated rings. The van der Waals surface area contributed by atoms with Gasteiger partial charge < -0.3 is 19.7 Å². The fourth-order valence-electron chi connectivity index (χ4n) is 2.60. The molecule has 3 rings (SSSR count). The number of carbonyl (C=O) groups is 2. The summed E-state index contributed by atoms with van der Waals surface area (Å²) < 4.78 is 5.29. The van der Waals surface area contributed by atoms with Crippen LogP contribution in [0.5, 0.6) is 0 Å². The van der Waals surface area contributed by atoms with E-state index in [9.17, 15) is 9.59 Å². The summed E-state index contributed by atoms with van der Waals surface area (Å²) in [5, 5.41) is 12.8. The van der Waals surface area contributed by atoms with Crippen LogP contribution in [0.15, 0.2) is 34.9 Å². The van der Waals surface area contributed by atoms with Crippen LogP contribution in [0.2, 0.25) is 0 Å². The largest absolute Gasteiger partial charge is 0.481 e. The average molecular weight is 288 g/mol. The monoisotopic (exact) mass is 288 g/mol. The van der Waals surface area contributed by atoms with Gasteiger partial charge in [0, 0.05) is 30.2 Å². The van der Waals surface area contributed by atoms with Crippen LogP contribution in [-0.4, -0.2) is 35.1 Å². The molecule has 0 radical (unpaired) electrons. The molecule has 1 unspecified atom stereocenters. The third-order valence-corrected chi connectivity index (χ3v) is 3.77. The van der Waals surface area contributed by atoms with Gasteiger partial charge in [-0.1, -0.05) is 0 Å². The van der Waals surface area contributed by atoms with E-state index >= 15 is 0 Å². The van der Waals surface area contributed by atoms with E-state index in [2.05, 4.69) is 5.32 Å². The molecule has 2 aromatic rings. The lowest BCUT2D eigenvalue weighted by Crippen LogP contribution is -2.44. The number of rotatable bonds is 2. The molecule has 0 saturated carbocycles. The van der Waals surface area contributed by atoms with Gasteiger partial charge >= 0.3 is 12.0 Å². The van der Waals surface area contributed by atoms with Gasteiger partial charge in [-0.05, 0) is 31.0 Å². The zero-order valence-electron chi connectivity index (χ0n) is 11.4. The summed E-state index contributed by atoms with van der Waals surface area (Å²) in [7, 11) is 0. The normalized spacial score (nSPS) is 18.7. The molecule has 1 atom stereocenters. The molecule has 1 aromatic heterocycles. The number of fused-ring (bicyclic) bond motifs is 1. The summed E-state index contributed by atoms with van der Waals surface area (Å²) in [5.74, 6) is -1.32. The molecule has 1 aromatic carbocycles. The van der Waals surface area contributed by atoms with Crippen molar-refractivity contribution >= 4 is 28.7 Å². The molecule has 1 aliphatic rings. The second-order valence-corrected chi connectivity index (χ2v) is 5.23. The molecule has 1 saturated heterocycles. The maximum Gasteiger partial charge on any atom is 0.321 e. The van der Waals surface area contributed by atoms with Crippen LogP contribution < -0.4 is 5.32 Å². The van der Waals surface area contributed by atoms with Gasteiger partial charge in [0.1, 0.15) is 5.58 Å². The Morgan fingerprint density at radius 3 is 3.00 bits per heavy atom. The molecular formula is C15H16N2O4. The Balaban J connectivity index is 1.69. The van der Waals surface area contributed by atoms with Gasteiger partial charge in [0.2, 0.25) is 0 Å². The lowest BCUT2D eigenvalue weighted by atomic mass is 9.99. The lowest BCUT2D eigenvalue weighted by Gasteiger charge is -2.30. The molecule has 2 N–H and O–H groups in total. The van der Waals surface area contributed by atoms with Crippen molar-refractivity contribution in [2.24, 2.45) is 5.92 Å². The number of carboxylic acid groups (broad SMARTS) is 1. The molecule has 2 amide bonds. The molecule has 0 spiro atoms. The minimum absolute atomic E-state index is 0.254. The Kier molecular flexibility index (Phi) is 3.51. The highest BCUT2D eigenvalue weighted by molar-refractivity contribution is 5.92. The third kappa shape index (κ3) is 2.84. The number of likely N-dealkylation sites (tertiary alicyclic amines) is 1. The number of hydrogen-bond acceptors (Lipinski definition) is 3. The van der Waals surface area contributed by atoms with E-state index in [4.69, 9.17) is 9.52 Å². The number of carbonyl (C=O) groups excluding carboxylic acids is 1. The molecule has 1 aliphatic heterocycles. The minimum Gasteiger partial charge on any atom is -0.481 e. The predicted molar refractivity (Wildman–Crippen MR) is 77.2 cm³/mol. The maximum atomic E-state index is 12.2. The predicted octanol–water partition coefficient (Wildman–Crippen LogP) is 2.76. The number of furan rings is 1. The Hall–Kier alpha value is -2.50. The summed E-state index contributed by atoms with van der Waals surface area (Å²) in [5.41, 5.74) is 1.34. The molecule has 0 bridgehead atoms. The standard InChI is InChI=1S/C15H16N2O4/c18-14(19)11-2-1-6-17(9-11)15(20)16-12-4-3-10-5-7-21-13(10)8-12/h3-5,7-8,11H,1-2,6,9H2,(H,16,20)(H,18,19). The zero-order chi connectivity index (χ0) is 14.8. The number of hydrogen-bond donors (Lipinski definition) is 2. The minimum atomic E-state index is -0.843. The zero-order valence-corrected chi connectivity index (χ0v) is 11.4. The van der Waals surface area contributed by atoms with Crippen LogP contribution in [0.4, 0.5) is 10.5 Å². The lowest BCUT2D eigenvalue weighted by molar-refractivity contribution is -0.143. The number of amides is 2. The Morgan fingerprint density at radius 2 is 2.19 bits per heavy atom. The number of urea groups is 1. The van der Waals surface area contributed by atoms with Crippen molar-refractivity contribution in [1.29, 1.82) is 0 Å². The fourth-order valence-corrected chi connectivity index (χ4v) is 2.60. The third-order valence-electron chi connectivity index (χ3n) is 3.77. The smallest absolute Gasteiger partial charge is 0.321 e. The van der Waals surface area contributed by atoms with E-state index in [1.54, 1.807) is 23.3 Å². The highest BCUT2D eigenvalue weighted by atomic mass is 16.4. The van der Waals surface area contributed by atoms with Crippen molar-refractivity contribution in [1.82, 2.24) is 4.90 Å². The van der Waals surface area contributed by atoms with Gasteiger partial charge in [-0.15, -0.1) is 0 Å². The van der Waals surface area contributed by atoms with E-state index in [0.717, 1.165) is 5.39 Å². The SMILES string of the molecule is O=C(O)C1CCCN(C(=O)Nc2ccc3ccoc3c2)C1. The first-order valence-corrected chi connectivity index (χ1v) is 6.89. The number of anilines is 1. The van der Waals surface area contributed by atoms with E-state index in [-0.39, 0.29) is 12.6 Å². The molecule has 6 heteroatoms. The van der Waals surface area contributed by atoms with Crippen LogP contribution in [0, 0.1) is 5.92 Å². The second kappa shape index (κ2) is 5.47.